The van der Waals surface area contributed by atoms with Gasteiger partial charge < -0.3 is 10.2 Å². The SMILES string of the molecule is Cc1ncc(CO)c(/C=N/N=C/c2ccc(Br)cc2)c1O. The summed E-state index contributed by atoms with van der Waals surface area (Å²) >= 11 is 3.36. The van der Waals surface area contributed by atoms with Crippen LogP contribution in [0.25, 0.3) is 0 Å². The van der Waals surface area contributed by atoms with Gasteiger partial charge in [-0.15, -0.1) is 0 Å². The van der Waals surface area contributed by atoms with E-state index in [2.05, 4.69) is 31.1 Å². The summed E-state index contributed by atoms with van der Waals surface area (Å²) in [6.45, 7) is 1.46. The first-order valence-corrected chi connectivity index (χ1v) is 7.01. The predicted molar refractivity (Wildman–Crippen MR) is 85.9 cm³/mol. The molecule has 0 bridgehead atoms. The molecule has 2 aromatic rings. The Morgan fingerprint density at radius 1 is 1.19 bits per heavy atom. The highest BCUT2D eigenvalue weighted by Crippen LogP contribution is 2.21. The lowest BCUT2D eigenvalue weighted by Gasteiger charge is -2.06. The molecule has 0 aliphatic rings. The third-order valence-corrected chi connectivity index (χ3v) is 3.39. The monoisotopic (exact) mass is 347 g/mol. The molecule has 0 atom stereocenters. The number of aliphatic hydroxyl groups excluding tert-OH is 1. The topological polar surface area (TPSA) is 78.1 Å². The van der Waals surface area contributed by atoms with Crippen LogP contribution in [-0.2, 0) is 6.61 Å². The summed E-state index contributed by atoms with van der Waals surface area (Å²) in [6, 6.07) is 7.62. The third-order valence-electron chi connectivity index (χ3n) is 2.86. The van der Waals surface area contributed by atoms with Gasteiger partial charge in [0.15, 0.2) is 0 Å². The molecule has 0 fully saturated rings. The Bertz CT molecular complexity index is 682. The molecule has 0 saturated heterocycles. The van der Waals surface area contributed by atoms with E-state index in [1.165, 1.54) is 12.4 Å². The normalized spacial score (nSPS) is 11.6. The number of hydrogen-bond donors (Lipinski definition) is 2. The van der Waals surface area contributed by atoms with Crippen molar-refractivity contribution < 1.29 is 10.2 Å². The van der Waals surface area contributed by atoms with Gasteiger partial charge in [0.25, 0.3) is 0 Å². The van der Waals surface area contributed by atoms with Crippen LogP contribution in [0.4, 0.5) is 0 Å². The van der Waals surface area contributed by atoms with Gasteiger partial charge in [0, 0.05) is 21.8 Å². The zero-order chi connectivity index (χ0) is 15.2. The lowest BCUT2D eigenvalue weighted by Crippen LogP contribution is -1.97. The lowest BCUT2D eigenvalue weighted by molar-refractivity contribution is 0.280. The summed E-state index contributed by atoms with van der Waals surface area (Å²) in [4.78, 5) is 3.98. The molecular weight excluding hydrogens is 334 g/mol. The zero-order valence-electron chi connectivity index (χ0n) is 11.4. The fraction of sp³-hybridized carbons (Fsp3) is 0.133. The summed E-state index contributed by atoms with van der Waals surface area (Å²) < 4.78 is 0.993. The van der Waals surface area contributed by atoms with Crippen molar-refractivity contribution >= 4 is 28.4 Å². The number of hydrogen-bond acceptors (Lipinski definition) is 5. The van der Waals surface area contributed by atoms with Gasteiger partial charge in [0.1, 0.15) is 5.75 Å². The van der Waals surface area contributed by atoms with Gasteiger partial charge in [-0.25, -0.2) is 0 Å². The lowest BCUT2D eigenvalue weighted by atomic mass is 10.1. The van der Waals surface area contributed by atoms with Crippen LogP contribution in [0.5, 0.6) is 5.75 Å². The maximum atomic E-state index is 9.93. The second-order valence-corrected chi connectivity index (χ2v) is 5.25. The molecule has 1 aromatic heterocycles. The Morgan fingerprint density at radius 2 is 1.86 bits per heavy atom. The van der Waals surface area contributed by atoms with Crippen LogP contribution in [0, 0.1) is 6.92 Å². The van der Waals surface area contributed by atoms with Crippen LogP contribution in [-0.4, -0.2) is 27.6 Å². The van der Waals surface area contributed by atoms with E-state index in [-0.39, 0.29) is 12.4 Å². The summed E-state index contributed by atoms with van der Waals surface area (Å²) in [7, 11) is 0. The molecule has 108 valence electrons. The van der Waals surface area contributed by atoms with Gasteiger partial charge >= 0.3 is 0 Å². The number of aryl methyl sites for hydroxylation is 1. The fourth-order valence-corrected chi connectivity index (χ4v) is 1.93. The van der Waals surface area contributed by atoms with Crippen molar-refractivity contribution in [1.29, 1.82) is 0 Å². The predicted octanol–water partition coefficient (Wildman–Crippen LogP) is 2.80. The Hall–Kier alpha value is -2.05. The van der Waals surface area contributed by atoms with Crippen LogP contribution >= 0.6 is 15.9 Å². The fourth-order valence-electron chi connectivity index (χ4n) is 1.66. The molecular formula is C15H14BrN3O2. The molecule has 0 unspecified atom stereocenters. The molecule has 1 aromatic carbocycles. The number of pyridine rings is 1. The minimum Gasteiger partial charge on any atom is -0.505 e. The van der Waals surface area contributed by atoms with E-state index in [0.717, 1.165) is 10.0 Å². The molecule has 0 spiro atoms. The Morgan fingerprint density at radius 3 is 2.52 bits per heavy atom. The second-order valence-electron chi connectivity index (χ2n) is 4.33. The highest BCUT2D eigenvalue weighted by atomic mass is 79.9. The van der Waals surface area contributed by atoms with E-state index in [0.29, 0.717) is 16.8 Å². The Balaban J connectivity index is 2.18. The molecule has 0 radical (unpaired) electrons. The molecule has 2 N–H and O–H groups in total. The van der Waals surface area contributed by atoms with E-state index in [1.807, 2.05) is 24.3 Å². The van der Waals surface area contributed by atoms with Gasteiger partial charge in [-0.3, -0.25) is 4.98 Å². The first-order chi connectivity index (χ1) is 10.1. The number of rotatable bonds is 4. The number of benzene rings is 1. The van der Waals surface area contributed by atoms with E-state index < -0.39 is 0 Å². The average Bonchev–Trinajstić information content (AvgIpc) is 2.49. The molecule has 1 heterocycles. The van der Waals surface area contributed by atoms with E-state index in [1.54, 1.807) is 13.1 Å². The van der Waals surface area contributed by atoms with Crippen molar-refractivity contribution in [1.82, 2.24) is 4.98 Å². The molecule has 0 aliphatic carbocycles. The first-order valence-electron chi connectivity index (χ1n) is 6.22. The minimum atomic E-state index is -0.224. The van der Waals surface area contributed by atoms with E-state index in [4.69, 9.17) is 0 Å². The third kappa shape index (κ3) is 3.96. The molecule has 0 saturated carbocycles. The first kappa shape index (κ1) is 15.3. The summed E-state index contributed by atoms with van der Waals surface area (Å²) in [5.41, 5.74) is 2.32. The number of aromatic hydroxyl groups is 1. The largest absolute Gasteiger partial charge is 0.505 e. The summed E-state index contributed by atoms with van der Waals surface area (Å²) in [5, 5.41) is 27.0. The van der Waals surface area contributed by atoms with Crippen LogP contribution in [0.1, 0.15) is 22.4 Å². The smallest absolute Gasteiger partial charge is 0.145 e. The van der Waals surface area contributed by atoms with Crippen molar-refractivity contribution in [2.75, 3.05) is 0 Å². The molecule has 5 nitrogen and oxygen atoms in total. The van der Waals surface area contributed by atoms with Crippen LogP contribution in [0.2, 0.25) is 0 Å². The molecule has 0 aliphatic heterocycles. The number of nitrogens with zero attached hydrogens (tertiary/aromatic N) is 3. The van der Waals surface area contributed by atoms with E-state index in [9.17, 15) is 10.2 Å². The van der Waals surface area contributed by atoms with Crippen molar-refractivity contribution in [2.45, 2.75) is 13.5 Å². The maximum absolute atomic E-state index is 9.93. The van der Waals surface area contributed by atoms with Gasteiger partial charge in [0.2, 0.25) is 0 Å². The Labute approximate surface area is 130 Å². The van der Waals surface area contributed by atoms with Crippen molar-refractivity contribution in [3.8, 4) is 5.75 Å². The van der Waals surface area contributed by atoms with Crippen LogP contribution < -0.4 is 0 Å². The maximum Gasteiger partial charge on any atom is 0.145 e. The molecule has 6 heteroatoms. The van der Waals surface area contributed by atoms with Crippen LogP contribution in [0.3, 0.4) is 0 Å². The number of aliphatic hydroxyl groups is 1. The number of aromatic nitrogens is 1. The second kappa shape index (κ2) is 7.10. The average molecular weight is 348 g/mol. The molecule has 2 rings (SSSR count). The zero-order valence-corrected chi connectivity index (χ0v) is 12.9. The summed E-state index contributed by atoms with van der Waals surface area (Å²) in [5.74, 6) is 0.00383. The van der Waals surface area contributed by atoms with Gasteiger partial charge in [-0.2, -0.15) is 10.2 Å². The molecule has 21 heavy (non-hydrogen) atoms. The quantitative estimate of drug-likeness (QED) is 0.659. The highest BCUT2D eigenvalue weighted by Gasteiger charge is 2.08. The standard InChI is InChI=1S/C15H14BrN3O2/c1-10-15(21)14(12(9-20)7-17-10)8-19-18-6-11-2-4-13(16)5-3-11/h2-8,20-21H,9H2,1H3/b18-6+,19-8+. The minimum absolute atomic E-state index is 0.00383. The number of halogens is 1. The molecule has 0 amide bonds. The van der Waals surface area contributed by atoms with Crippen molar-refractivity contribution in [2.24, 2.45) is 10.2 Å². The van der Waals surface area contributed by atoms with Crippen LogP contribution in [0.15, 0.2) is 45.1 Å². The van der Waals surface area contributed by atoms with Crippen molar-refractivity contribution in [3.05, 3.63) is 57.3 Å². The van der Waals surface area contributed by atoms with Gasteiger partial charge in [-0.05, 0) is 24.6 Å². The van der Waals surface area contributed by atoms with Gasteiger partial charge in [0.05, 0.1) is 24.7 Å². The Kier molecular flexibility index (Phi) is 5.19. The van der Waals surface area contributed by atoms with Crippen molar-refractivity contribution in [3.63, 3.8) is 0 Å². The highest BCUT2D eigenvalue weighted by molar-refractivity contribution is 9.10. The van der Waals surface area contributed by atoms with E-state index >= 15 is 0 Å². The van der Waals surface area contributed by atoms with Gasteiger partial charge in [-0.1, -0.05) is 28.1 Å². The summed E-state index contributed by atoms with van der Waals surface area (Å²) in [6.07, 6.45) is 4.52.